The summed E-state index contributed by atoms with van der Waals surface area (Å²) in [5.74, 6) is -4.43. The van der Waals surface area contributed by atoms with Crippen molar-refractivity contribution in [2.75, 3.05) is 11.9 Å². The Labute approximate surface area is 247 Å². The third-order valence-electron chi connectivity index (χ3n) is 8.46. The number of esters is 1. The van der Waals surface area contributed by atoms with Gasteiger partial charge in [0, 0.05) is 5.69 Å². The van der Waals surface area contributed by atoms with Crippen molar-refractivity contribution in [3.63, 3.8) is 0 Å². The quantitative estimate of drug-likeness (QED) is 0.235. The molecule has 3 aromatic rings. The summed E-state index contributed by atoms with van der Waals surface area (Å²) in [4.78, 5) is 52.8. The molecule has 41 heavy (non-hydrogen) atoms. The Hall–Kier alpha value is -3.68. The van der Waals surface area contributed by atoms with E-state index in [2.05, 4.69) is 5.32 Å². The van der Waals surface area contributed by atoms with Crippen LogP contribution in [-0.2, 0) is 28.9 Å². The van der Waals surface area contributed by atoms with Gasteiger partial charge in [-0.1, -0.05) is 62.4 Å². The van der Waals surface area contributed by atoms with E-state index in [1.165, 1.54) is 0 Å². The van der Waals surface area contributed by atoms with Crippen LogP contribution in [0, 0.1) is 17.8 Å². The van der Waals surface area contributed by atoms with Crippen molar-refractivity contribution in [1.82, 2.24) is 4.90 Å². The van der Waals surface area contributed by atoms with Gasteiger partial charge in [0.05, 0.1) is 24.0 Å². The molecule has 7 nitrogen and oxygen atoms in total. The Bertz CT molecular complexity index is 1480. The van der Waals surface area contributed by atoms with Gasteiger partial charge in [-0.2, -0.15) is 0 Å². The SMILES string of the molecule is CCOC(=O)c1ccc(NC(=O)[C@H](C(C)C)N2C(=O)[C@@H]3[C@@H](C2=O)C2(Cl)c4ccccc4C3(Cl)c3ccccc32)cc1. The summed E-state index contributed by atoms with van der Waals surface area (Å²) in [7, 11) is 0. The zero-order chi connectivity index (χ0) is 29.3. The minimum Gasteiger partial charge on any atom is -0.462 e. The molecule has 1 saturated heterocycles. The van der Waals surface area contributed by atoms with Crippen LogP contribution >= 0.6 is 23.2 Å². The average Bonchev–Trinajstić information content (AvgIpc) is 3.23. The summed E-state index contributed by atoms with van der Waals surface area (Å²) in [6.07, 6.45) is 0. The first-order chi connectivity index (χ1) is 19.6. The zero-order valence-corrected chi connectivity index (χ0v) is 24.2. The largest absolute Gasteiger partial charge is 0.462 e. The van der Waals surface area contributed by atoms with Crippen molar-refractivity contribution in [3.05, 3.63) is 101 Å². The number of amides is 3. The maximum absolute atomic E-state index is 14.3. The highest BCUT2D eigenvalue weighted by atomic mass is 35.5. The number of anilines is 1. The maximum atomic E-state index is 14.3. The first kappa shape index (κ1) is 27.5. The first-order valence-electron chi connectivity index (χ1n) is 13.6. The van der Waals surface area contributed by atoms with E-state index < -0.39 is 57.2 Å². The molecule has 1 fully saturated rings. The zero-order valence-electron chi connectivity index (χ0n) is 22.7. The molecule has 0 aromatic heterocycles. The standard InChI is InChI=1S/C32H28Cl2N2O5/c1-4-41-30(40)18-13-15-19(16-14-18)35-27(37)26(17(2)3)36-28(38)24-25(29(36)39)32(34)21-10-6-5-9-20(21)31(24,33)22-11-7-8-12-23(22)32/h5-17,24-26H,4H2,1-3H3,(H,35,37)/t24-,25-,26-,31?,32?/m0/s1. The molecule has 3 aromatic carbocycles. The number of nitrogens with zero attached hydrogens (tertiary/aromatic N) is 1. The molecule has 4 aliphatic rings. The van der Waals surface area contributed by atoms with Crippen LogP contribution in [0.5, 0.6) is 0 Å². The van der Waals surface area contributed by atoms with Crippen LogP contribution < -0.4 is 5.32 Å². The normalized spacial score (nSPS) is 26.3. The number of carbonyl (C=O) groups is 4. The van der Waals surface area contributed by atoms with Gasteiger partial charge in [-0.15, -0.1) is 23.2 Å². The molecule has 3 aliphatic carbocycles. The van der Waals surface area contributed by atoms with Crippen molar-refractivity contribution in [2.24, 2.45) is 17.8 Å². The lowest BCUT2D eigenvalue weighted by Gasteiger charge is -2.54. The number of imide groups is 1. The molecule has 0 radical (unpaired) electrons. The van der Waals surface area contributed by atoms with Crippen LogP contribution in [0.2, 0.25) is 0 Å². The molecular weight excluding hydrogens is 563 g/mol. The van der Waals surface area contributed by atoms with Crippen molar-refractivity contribution in [1.29, 1.82) is 0 Å². The molecule has 1 N–H and O–H groups in total. The second-order valence-electron chi connectivity index (χ2n) is 11.0. The number of halogens is 2. The number of hydrogen-bond donors (Lipinski definition) is 1. The number of nitrogens with one attached hydrogen (secondary N) is 1. The predicted octanol–water partition coefficient (Wildman–Crippen LogP) is 5.42. The number of carbonyl (C=O) groups excluding carboxylic acids is 4. The Morgan fingerprint density at radius 3 is 1.66 bits per heavy atom. The molecule has 2 bridgehead atoms. The summed E-state index contributed by atoms with van der Waals surface area (Å²) in [5.41, 5.74) is 3.55. The Kier molecular flexibility index (Phi) is 6.51. The number of alkyl halides is 2. The Morgan fingerprint density at radius 1 is 0.829 bits per heavy atom. The minimum atomic E-state index is -1.32. The molecule has 0 saturated carbocycles. The van der Waals surface area contributed by atoms with E-state index in [0.717, 1.165) is 4.90 Å². The van der Waals surface area contributed by atoms with Gasteiger partial charge in [0.25, 0.3) is 0 Å². The fourth-order valence-corrected chi connectivity index (χ4v) is 7.90. The van der Waals surface area contributed by atoms with Gasteiger partial charge < -0.3 is 10.1 Å². The van der Waals surface area contributed by atoms with Crippen LogP contribution in [-0.4, -0.2) is 41.2 Å². The highest BCUT2D eigenvalue weighted by Crippen LogP contribution is 2.69. The van der Waals surface area contributed by atoms with Crippen LogP contribution in [0.4, 0.5) is 5.69 Å². The molecular formula is C32H28Cl2N2O5. The topological polar surface area (TPSA) is 92.8 Å². The van der Waals surface area contributed by atoms with E-state index in [9.17, 15) is 19.2 Å². The van der Waals surface area contributed by atoms with Crippen LogP contribution in [0.25, 0.3) is 0 Å². The predicted molar refractivity (Wildman–Crippen MR) is 155 cm³/mol. The fraction of sp³-hybridized carbons (Fsp3) is 0.312. The summed E-state index contributed by atoms with van der Waals surface area (Å²) in [6, 6.07) is 19.9. The van der Waals surface area contributed by atoms with E-state index in [1.807, 2.05) is 48.5 Å². The summed E-state index contributed by atoms with van der Waals surface area (Å²) in [5, 5.41) is 2.81. The Morgan fingerprint density at radius 2 is 1.27 bits per heavy atom. The molecule has 1 aliphatic heterocycles. The van der Waals surface area contributed by atoms with Gasteiger partial charge in [0.15, 0.2) is 0 Å². The Balaban J connectivity index is 1.39. The smallest absolute Gasteiger partial charge is 0.338 e. The van der Waals surface area contributed by atoms with E-state index >= 15 is 0 Å². The number of rotatable bonds is 6. The van der Waals surface area contributed by atoms with Gasteiger partial charge >= 0.3 is 5.97 Å². The lowest BCUT2D eigenvalue weighted by molar-refractivity contribution is -0.148. The van der Waals surface area contributed by atoms with Gasteiger partial charge in [0.2, 0.25) is 17.7 Å². The van der Waals surface area contributed by atoms with Gasteiger partial charge in [-0.25, -0.2) is 4.79 Å². The molecule has 3 amide bonds. The lowest BCUT2D eigenvalue weighted by Crippen LogP contribution is -2.57. The summed E-state index contributed by atoms with van der Waals surface area (Å²) < 4.78 is 5.01. The monoisotopic (exact) mass is 590 g/mol. The summed E-state index contributed by atoms with van der Waals surface area (Å²) >= 11 is 15.0. The van der Waals surface area contributed by atoms with Gasteiger partial charge in [0.1, 0.15) is 15.8 Å². The third kappa shape index (κ3) is 3.71. The van der Waals surface area contributed by atoms with E-state index in [-0.39, 0.29) is 6.61 Å². The van der Waals surface area contributed by atoms with Crippen LogP contribution in [0.1, 0.15) is 53.4 Å². The highest BCUT2D eigenvalue weighted by Gasteiger charge is 2.73. The highest BCUT2D eigenvalue weighted by molar-refractivity contribution is 6.36. The second-order valence-corrected chi connectivity index (χ2v) is 12.2. The molecule has 210 valence electrons. The lowest BCUT2D eigenvalue weighted by atomic mass is 9.54. The van der Waals surface area contributed by atoms with Gasteiger partial charge in [-0.3, -0.25) is 19.3 Å². The van der Waals surface area contributed by atoms with Gasteiger partial charge in [-0.05, 0) is 59.4 Å². The number of benzene rings is 3. The maximum Gasteiger partial charge on any atom is 0.338 e. The summed E-state index contributed by atoms with van der Waals surface area (Å²) in [6.45, 7) is 5.52. The van der Waals surface area contributed by atoms with Crippen molar-refractivity contribution < 1.29 is 23.9 Å². The van der Waals surface area contributed by atoms with Crippen LogP contribution in [0.3, 0.4) is 0 Å². The molecule has 1 heterocycles. The molecule has 0 spiro atoms. The third-order valence-corrected chi connectivity index (χ3v) is 9.75. The molecule has 3 atom stereocenters. The molecule has 7 rings (SSSR count). The van der Waals surface area contributed by atoms with E-state index in [4.69, 9.17) is 27.9 Å². The fourth-order valence-electron chi connectivity index (χ4n) is 6.80. The van der Waals surface area contributed by atoms with Crippen molar-refractivity contribution in [3.8, 4) is 0 Å². The van der Waals surface area contributed by atoms with Crippen molar-refractivity contribution >= 4 is 52.6 Å². The number of likely N-dealkylation sites (tertiary alicyclic amines) is 1. The molecule has 9 heteroatoms. The number of hydrogen-bond acceptors (Lipinski definition) is 5. The van der Waals surface area contributed by atoms with Crippen molar-refractivity contribution in [2.45, 2.75) is 36.6 Å². The molecule has 0 unspecified atom stereocenters. The first-order valence-corrected chi connectivity index (χ1v) is 14.3. The average molecular weight is 591 g/mol. The van der Waals surface area contributed by atoms with Crippen LogP contribution in [0.15, 0.2) is 72.8 Å². The number of ether oxygens (including phenoxy) is 1. The van der Waals surface area contributed by atoms with E-state index in [0.29, 0.717) is 33.5 Å². The van der Waals surface area contributed by atoms with E-state index in [1.54, 1.807) is 45.0 Å². The second kappa shape index (κ2) is 9.71. The minimum absolute atomic E-state index is 0.247.